The van der Waals surface area contributed by atoms with Crippen molar-refractivity contribution >= 4 is 18.3 Å². The average Bonchev–Trinajstić information content (AvgIpc) is 3.15. The fourth-order valence-electron chi connectivity index (χ4n) is 3.41. The normalized spacial score (nSPS) is 12.6. The molecule has 5 nitrogen and oxygen atoms in total. The Bertz CT molecular complexity index is 769. The van der Waals surface area contributed by atoms with Crippen LogP contribution in [0.25, 0.3) is 5.69 Å². The molecule has 0 fully saturated rings. The molecule has 0 saturated heterocycles. The Kier molecular flexibility index (Phi) is 6.25. The second-order valence-electron chi connectivity index (χ2n) is 6.66. The number of carbonyl (C=O) groups is 1. The number of halogens is 1. The molecule has 136 valence electrons. The van der Waals surface area contributed by atoms with Crippen molar-refractivity contribution in [3.8, 4) is 5.69 Å². The molecule has 2 aromatic rings. The molecule has 1 aromatic carbocycles. The summed E-state index contributed by atoms with van der Waals surface area (Å²) in [6, 6.07) is 6.38. The van der Waals surface area contributed by atoms with Crippen molar-refractivity contribution in [2.75, 3.05) is 27.2 Å². The van der Waals surface area contributed by atoms with Crippen molar-refractivity contribution in [2.45, 2.75) is 33.1 Å². The van der Waals surface area contributed by atoms with Crippen LogP contribution >= 0.6 is 12.4 Å². The third-order valence-corrected chi connectivity index (χ3v) is 4.76. The van der Waals surface area contributed by atoms with Crippen molar-refractivity contribution in [3.63, 3.8) is 0 Å². The minimum absolute atomic E-state index is 0. The first kappa shape index (κ1) is 19.5. The number of carbonyl (C=O) groups excluding carboxylic acids is 1. The summed E-state index contributed by atoms with van der Waals surface area (Å²) in [5, 5.41) is 7.81. The lowest BCUT2D eigenvalue weighted by atomic mass is 10.1. The highest BCUT2D eigenvalue weighted by Crippen LogP contribution is 2.29. The summed E-state index contributed by atoms with van der Waals surface area (Å²) in [7, 11) is 3.74. The first-order valence-electron chi connectivity index (χ1n) is 8.61. The number of hydrogen-bond acceptors (Lipinski definition) is 3. The largest absolute Gasteiger partial charge is 0.339 e. The maximum absolute atomic E-state index is 12.8. The van der Waals surface area contributed by atoms with Gasteiger partial charge in [0.05, 0.1) is 5.69 Å². The number of nitrogens with one attached hydrogen (secondary N) is 1. The van der Waals surface area contributed by atoms with Crippen LogP contribution in [0.1, 0.15) is 39.3 Å². The Labute approximate surface area is 155 Å². The lowest BCUT2D eigenvalue weighted by Gasteiger charge is -2.16. The molecule has 25 heavy (non-hydrogen) atoms. The molecule has 0 bridgehead atoms. The van der Waals surface area contributed by atoms with Crippen LogP contribution in [-0.2, 0) is 12.8 Å². The lowest BCUT2D eigenvalue weighted by Crippen LogP contribution is -2.33. The van der Waals surface area contributed by atoms with Gasteiger partial charge in [0.25, 0.3) is 5.91 Å². The topological polar surface area (TPSA) is 50.2 Å². The van der Waals surface area contributed by atoms with Crippen molar-refractivity contribution in [1.82, 2.24) is 20.0 Å². The molecule has 3 rings (SSSR count). The summed E-state index contributed by atoms with van der Waals surface area (Å²) in [6.45, 7) is 5.66. The maximum Gasteiger partial charge on any atom is 0.274 e. The van der Waals surface area contributed by atoms with Gasteiger partial charge in [-0.3, -0.25) is 4.79 Å². The highest BCUT2D eigenvalue weighted by Gasteiger charge is 2.28. The second kappa shape index (κ2) is 8.02. The SMILES string of the molecule is CNCCN(C)C(=O)c1nn(-c2ccc(C)cc2C)c2c1CCC2.Cl. The van der Waals surface area contributed by atoms with E-state index in [0.29, 0.717) is 12.2 Å². The highest BCUT2D eigenvalue weighted by molar-refractivity contribution is 5.94. The molecule has 0 saturated carbocycles. The minimum atomic E-state index is 0. The molecule has 0 unspecified atom stereocenters. The van der Waals surface area contributed by atoms with E-state index in [1.54, 1.807) is 4.90 Å². The second-order valence-corrected chi connectivity index (χ2v) is 6.66. The van der Waals surface area contributed by atoms with E-state index in [9.17, 15) is 4.79 Å². The fraction of sp³-hybridized carbons (Fsp3) is 0.474. The third kappa shape index (κ3) is 3.72. The van der Waals surface area contributed by atoms with Gasteiger partial charge in [-0.2, -0.15) is 5.10 Å². The van der Waals surface area contributed by atoms with Gasteiger partial charge >= 0.3 is 0 Å². The Morgan fingerprint density at radius 1 is 1.32 bits per heavy atom. The quantitative estimate of drug-likeness (QED) is 0.889. The number of rotatable bonds is 5. The van der Waals surface area contributed by atoms with Crippen LogP contribution in [0.15, 0.2) is 18.2 Å². The Balaban J connectivity index is 0.00000225. The number of amides is 1. The Morgan fingerprint density at radius 2 is 2.08 bits per heavy atom. The molecule has 1 amide bonds. The zero-order chi connectivity index (χ0) is 17.3. The Morgan fingerprint density at radius 3 is 2.76 bits per heavy atom. The molecule has 0 atom stereocenters. The molecule has 1 N–H and O–H groups in total. The monoisotopic (exact) mass is 362 g/mol. The smallest absolute Gasteiger partial charge is 0.274 e. The van der Waals surface area contributed by atoms with Crippen LogP contribution < -0.4 is 5.32 Å². The summed E-state index contributed by atoms with van der Waals surface area (Å²) in [5.74, 6) is 0.0203. The minimum Gasteiger partial charge on any atom is -0.339 e. The van der Waals surface area contributed by atoms with Gasteiger partial charge in [-0.25, -0.2) is 4.68 Å². The maximum atomic E-state index is 12.8. The molecule has 6 heteroatoms. The van der Waals surface area contributed by atoms with E-state index in [1.165, 1.54) is 16.8 Å². The summed E-state index contributed by atoms with van der Waals surface area (Å²) < 4.78 is 2.00. The molecule has 1 aromatic heterocycles. The molecule has 0 radical (unpaired) electrons. The molecule has 0 spiro atoms. The van der Waals surface area contributed by atoms with Crippen LogP contribution in [0.3, 0.4) is 0 Å². The van der Waals surface area contributed by atoms with E-state index in [1.807, 2.05) is 18.8 Å². The third-order valence-electron chi connectivity index (χ3n) is 4.76. The van der Waals surface area contributed by atoms with Crippen molar-refractivity contribution in [1.29, 1.82) is 0 Å². The molecular weight excluding hydrogens is 336 g/mol. The number of hydrogen-bond donors (Lipinski definition) is 1. The summed E-state index contributed by atoms with van der Waals surface area (Å²) in [5.41, 5.74) is 6.47. The van der Waals surface area contributed by atoms with Crippen LogP contribution in [-0.4, -0.2) is 47.8 Å². The van der Waals surface area contributed by atoms with Crippen molar-refractivity contribution in [2.24, 2.45) is 0 Å². The number of aryl methyl sites for hydroxylation is 2. The number of nitrogens with zero attached hydrogens (tertiary/aromatic N) is 3. The summed E-state index contributed by atoms with van der Waals surface area (Å²) in [4.78, 5) is 14.6. The zero-order valence-electron chi connectivity index (χ0n) is 15.4. The predicted molar refractivity (Wildman–Crippen MR) is 103 cm³/mol. The number of fused-ring (bicyclic) bond motifs is 1. The zero-order valence-corrected chi connectivity index (χ0v) is 16.2. The van der Waals surface area contributed by atoms with Crippen LogP contribution in [0.2, 0.25) is 0 Å². The van der Waals surface area contributed by atoms with Gasteiger partial charge in [0.1, 0.15) is 0 Å². The number of likely N-dealkylation sites (N-methyl/N-ethyl adjacent to an activating group) is 2. The van der Waals surface area contributed by atoms with Gasteiger partial charge in [0.15, 0.2) is 5.69 Å². The highest BCUT2D eigenvalue weighted by atomic mass is 35.5. The standard InChI is InChI=1S/C19H26N4O.ClH/c1-13-8-9-16(14(2)12-13)23-17-7-5-6-15(17)18(21-23)19(24)22(4)11-10-20-3;/h8-9,12,20H,5-7,10-11H2,1-4H3;1H. The molecule has 0 aliphatic heterocycles. The van der Waals surface area contributed by atoms with Gasteiger partial charge in [0, 0.05) is 31.4 Å². The predicted octanol–water partition coefficient (Wildman–Crippen LogP) is 2.69. The van der Waals surface area contributed by atoms with Crippen LogP contribution in [0, 0.1) is 13.8 Å². The molecule has 1 aliphatic carbocycles. The van der Waals surface area contributed by atoms with Gasteiger partial charge in [0.2, 0.25) is 0 Å². The Hall–Kier alpha value is -1.85. The summed E-state index contributed by atoms with van der Waals surface area (Å²) in [6.07, 6.45) is 3.03. The number of benzene rings is 1. The average molecular weight is 363 g/mol. The molecular formula is C19H27ClN4O. The van der Waals surface area contributed by atoms with E-state index in [4.69, 9.17) is 5.10 Å². The van der Waals surface area contributed by atoms with E-state index < -0.39 is 0 Å². The van der Waals surface area contributed by atoms with Gasteiger partial charge in [-0.1, -0.05) is 17.7 Å². The van der Waals surface area contributed by atoms with Crippen LogP contribution in [0.4, 0.5) is 0 Å². The van der Waals surface area contributed by atoms with Crippen molar-refractivity contribution in [3.05, 3.63) is 46.3 Å². The van der Waals surface area contributed by atoms with Crippen molar-refractivity contribution < 1.29 is 4.79 Å². The van der Waals surface area contributed by atoms with Gasteiger partial charge < -0.3 is 10.2 Å². The fourth-order valence-corrected chi connectivity index (χ4v) is 3.41. The molecule has 1 heterocycles. The van der Waals surface area contributed by atoms with Crippen LogP contribution in [0.5, 0.6) is 0 Å². The number of aromatic nitrogens is 2. The van der Waals surface area contributed by atoms with E-state index in [2.05, 4.69) is 37.4 Å². The van der Waals surface area contributed by atoms with Gasteiger partial charge in [-0.05, 0) is 51.8 Å². The molecule has 1 aliphatic rings. The first-order valence-corrected chi connectivity index (χ1v) is 8.61. The first-order chi connectivity index (χ1) is 11.5. The van der Waals surface area contributed by atoms with E-state index >= 15 is 0 Å². The lowest BCUT2D eigenvalue weighted by molar-refractivity contribution is 0.0789. The van der Waals surface area contributed by atoms with E-state index in [-0.39, 0.29) is 18.3 Å². The summed E-state index contributed by atoms with van der Waals surface area (Å²) >= 11 is 0. The van der Waals surface area contributed by atoms with Gasteiger partial charge in [-0.15, -0.1) is 12.4 Å². The van der Waals surface area contributed by atoms with E-state index in [0.717, 1.165) is 37.1 Å².